The number of nitrogens with zero attached hydrogens (tertiary/aromatic N) is 3. The fraction of sp³-hybridized carbons (Fsp3) is 0.0278. The molecule has 0 radical (unpaired) electrons. The minimum Gasteiger partial charge on any atom is -0.382 e. The maximum atomic E-state index is 11.4. The van der Waals surface area contributed by atoms with Crippen LogP contribution in [0.5, 0.6) is 0 Å². The van der Waals surface area contributed by atoms with Gasteiger partial charge in [-0.05, 0) is 16.7 Å². The van der Waals surface area contributed by atoms with Gasteiger partial charge in [0.25, 0.3) is 0 Å². The van der Waals surface area contributed by atoms with Crippen molar-refractivity contribution < 1.29 is 5.11 Å². The first-order valence-corrected chi connectivity index (χ1v) is 13.5. The lowest BCUT2D eigenvalue weighted by Gasteiger charge is -2.19. The van der Waals surface area contributed by atoms with Crippen LogP contribution in [-0.2, 0) is 0 Å². The van der Waals surface area contributed by atoms with E-state index in [0.717, 1.165) is 44.6 Å². The predicted molar refractivity (Wildman–Crippen MR) is 166 cm³/mol. The molecule has 5 nitrogen and oxygen atoms in total. The molecule has 1 atom stereocenters. The second kappa shape index (κ2) is 12.2. The number of hydrogen-bond donors (Lipinski definition) is 2. The highest BCUT2D eigenvalue weighted by atomic mass is 16.3. The van der Waals surface area contributed by atoms with Gasteiger partial charge in [0, 0.05) is 22.3 Å². The van der Waals surface area contributed by atoms with E-state index >= 15 is 0 Å². The van der Waals surface area contributed by atoms with E-state index in [9.17, 15) is 5.11 Å². The molecule has 0 saturated carbocycles. The zero-order valence-electron chi connectivity index (χ0n) is 22.3. The third kappa shape index (κ3) is 5.66. The molecule has 0 aliphatic rings. The summed E-state index contributed by atoms with van der Waals surface area (Å²) in [6.07, 6.45) is -0.948. The van der Waals surface area contributed by atoms with Crippen LogP contribution in [-0.4, -0.2) is 21.0 Å². The largest absolute Gasteiger partial charge is 0.382 e. The Hall–Kier alpha value is -5.39. The van der Waals surface area contributed by atoms with Crippen molar-refractivity contribution in [3.8, 4) is 33.5 Å². The Labute approximate surface area is 239 Å². The first-order chi connectivity index (χ1) is 20.3. The van der Waals surface area contributed by atoms with Gasteiger partial charge in [-0.3, -0.25) is 5.43 Å². The summed E-state index contributed by atoms with van der Waals surface area (Å²) < 4.78 is 0. The van der Waals surface area contributed by atoms with E-state index in [-0.39, 0.29) is 0 Å². The second-order valence-electron chi connectivity index (χ2n) is 9.53. The Balaban J connectivity index is 1.55. The Kier molecular flexibility index (Phi) is 7.70. The summed E-state index contributed by atoms with van der Waals surface area (Å²) in [5.74, 6) is 0.489. The van der Waals surface area contributed by atoms with Crippen LogP contribution in [0.2, 0.25) is 0 Å². The first-order valence-electron chi connectivity index (χ1n) is 13.5. The molecule has 0 saturated heterocycles. The number of nitrogens with one attached hydrogen (secondary N) is 1. The lowest BCUT2D eigenvalue weighted by Crippen LogP contribution is -2.16. The minimum absolute atomic E-state index is 0.478. The molecule has 0 aliphatic carbocycles. The maximum absolute atomic E-state index is 11.4. The molecule has 0 spiro atoms. The molecule has 0 unspecified atom stereocenters. The van der Waals surface area contributed by atoms with Gasteiger partial charge in [-0.15, -0.1) is 10.2 Å². The van der Waals surface area contributed by atoms with E-state index < -0.39 is 6.10 Å². The smallest absolute Gasteiger partial charge is 0.177 e. The van der Waals surface area contributed by atoms with Crippen LogP contribution in [0.3, 0.4) is 0 Å². The highest BCUT2D eigenvalue weighted by Crippen LogP contribution is 2.42. The van der Waals surface area contributed by atoms with Gasteiger partial charge in [0.2, 0.25) is 0 Å². The molecule has 6 aromatic rings. The van der Waals surface area contributed by atoms with Crippen molar-refractivity contribution >= 4 is 11.5 Å². The molecule has 0 fully saturated rings. The zero-order chi connectivity index (χ0) is 27.9. The summed E-state index contributed by atoms with van der Waals surface area (Å²) in [6.45, 7) is 0. The number of hydrazone groups is 1. The predicted octanol–water partition coefficient (Wildman–Crippen LogP) is 8.03. The molecule has 41 heavy (non-hydrogen) atoms. The van der Waals surface area contributed by atoms with Gasteiger partial charge in [0.1, 0.15) is 17.5 Å². The summed E-state index contributed by atoms with van der Waals surface area (Å²) in [5.41, 5.74) is 10.8. The maximum Gasteiger partial charge on any atom is 0.177 e. The topological polar surface area (TPSA) is 70.4 Å². The number of rotatable bonds is 8. The van der Waals surface area contributed by atoms with E-state index in [1.165, 1.54) is 0 Å². The van der Waals surface area contributed by atoms with Crippen LogP contribution in [0.1, 0.15) is 17.2 Å². The molecular formula is C36H28N4O. The molecule has 1 heterocycles. The van der Waals surface area contributed by atoms with Crippen LogP contribution in [0.25, 0.3) is 33.5 Å². The van der Waals surface area contributed by atoms with Gasteiger partial charge in [-0.2, -0.15) is 5.10 Å². The lowest BCUT2D eigenvalue weighted by atomic mass is 9.91. The summed E-state index contributed by atoms with van der Waals surface area (Å²) >= 11 is 0. The van der Waals surface area contributed by atoms with Crippen molar-refractivity contribution in [2.24, 2.45) is 5.10 Å². The molecule has 6 rings (SSSR count). The summed E-state index contributed by atoms with van der Waals surface area (Å²) in [4.78, 5) is 0. The van der Waals surface area contributed by atoms with Gasteiger partial charge in [0.05, 0.1) is 0 Å². The van der Waals surface area contributed by atoms with Gasteiger partial charge < -0.3 is 5.11 Å². The van der Waals surface area contributed by atoms with Crippen LogP contribution >= 0.6 is 0 Å². The number of anilines is 1. The summed E-state index contributed by atoms with van der Waals surface area (Å²) in [7, 11) is 0. The number of aliphatic hydroxyl groups excluding tert-OH is 1. The van der Waals surface area contributed by atoms with Crippen molar-refractivity contribution in [2.45, 2.75) is 6.10 Å². The molecule has 5 aromatic carbocycles. The van der Waals surface area contributed by atoms with E-state index in [1.807, 2.05) is 127 Å². The fourth-order valence-electron chi connectivity index (χ4n) is 4.88. The first kappa shape index (κ1) is 25.9. The molecule has 1 aromatic heterocycles. The molecule has 198 valence electrons. The van der Waals surface area contributed by atoms with Gasteiger partial charge in [-0.1, -0.05) is 152 Å². The molecule has 0 aliphatic heterocycles. The van der Waals surface area contributed by atoms with Crippen molar-refractivity contribution in [3.05, 3.63) is 163 Å². The van der Waals surface area contributed by atoms with Crippen LogP contribution in [0.4, 0.5) is 5.82 Å². The van der Waals surface area contributed by atoms with Crippen LogP contribution in [0.15, 0.2) is 157 Å². The number of hydrogen-bond acceptors (Lipinski definition) is 5. The Morgan fingerprint density at radius 3 is 1.56 bits per heavy atom. The van der Waals surface area contributed by atoms with Gasteiger partial charge in [-0.25, -0.2) is 0 Å². The lowest BCUT2D eigenvalue weighted by molar-refractivity contribution is 0.248. The third-order valence-corrected chi connectivity index (χ3v) is 6.87. The second-order valence-corrected chi connectivity index (χ2v) is 9.53. The van der Waals surface area contributed by atoms with Gasteiger partial charge >= 0.3 is 0 Å². The van der Waals surface area contributed by atoms with Gasteiger partial charge in [0.15, 0.2) is 5.82 Å². The molecular weight excluding hydrogens is 504 g/mol. The number of aromatic nitrogens is 2. The molecule has 0 bridgehead atoms. The van der Waals surface area contributed by atoms with E-state index in [0.29, 0.717) is 11.5 Å². The zero-order valence-corrected chi connectivity index (χ0v) is 22.3. The van der Waals surface area contributed by atoms with E-state index in [4.69, 9.17) is 10.2 Å². The summed E-state index contributed by atoms with van der Waals surface area (Å²) in [6, 6.07) is 49.6. The highest BCUT2D eigenvalue weighted by Gasteiger charge is 2.22. The van der Waals surface area contributed by atoms with Crippen molar-refractivity contribution in [1.82, 2.24) is 10.2 Å². The minimum atomic E-state index is -0.948. The van der Waals surface area contributed by atoms with Crippen LogP contribution < -0.4 is 5.43 Å². The van der Waals surface area contributed by atoms with Crippen molar-refractivity contribution in [2.75, 3.05) is 5.43 Å². The van der Waals surface area contributed by atoms with Crippen molar-refractivity contribution in [1.29, 1.82) is 0 Å². The van der Waals surface area contributed by atoms with E-state index in [1.54, 1.807) is 0 Å². The normalized spacial score (nSPS) is 12.1. The molecule has 2 N–H and O–H groups in total. The average molecular weight is 533 g/mol. The highest BCUT2D eigenvalue weighted by molar-refractivity contribution is 6.05. The number of benzene rings is 5. The third-order valence-electron chi connectivity index (χ3n) is 6.87. The monoisotopic (exact) mass is 532 g/mol. The summed E-state index contributed by atoms with van der Waals surface area (Å²) in [5, 5.41) is 25.6. The molecule has 5 heteroatoms. The fourth-order valence-corrected chi connectivity index (χ4v) is 4.88. The standard InChI is InChI=1S/C36H28N4O/c41-35(30-24-14-5-15-25-30)34(29-22-12-4-13-23-29)38-40-36-32(27-18-8-2-9-19-27)31(26-16-6-1-7-17-26)33(37-39-36)28-20-10-3-11-21-28/h1-25,35,41H,(H,39,40)/b38-34-/t35-/m1/s1. The Morgan fingerprint density at radius 1 is 0.537 bits per heavy atom. The molecule has 0 amide bonds. The Morgan fingerprint density at radius 2 is 1.00 bits per heavy atom. The number of aliphatic hydroxyl groups is 1. The SMILES string of the molecule is O[C@@H](/C(=N\Nc1nnc(-c2ccccc2)c(-c2ccccc2)c1-c1ccccc1)c1ccccc1)c1ccccc1. The van der Waals surface area contributed by atoms with Crippen LogP contribution in [0, 0.1) is 0 Å². The quantitative estimate of drug-likeness (QED) is 0.154. The van der Waals surface area contributed by atoms with Crippen molar-refractivity contribution in [3.63, 3.8) is 0 Å². The Bertz CT molecular complexity index is 1740. The van der Waals surface area contributed by atoms with E-state index in [2.05, 4.69) is 34.8 Å². The average Bonchev–Trinajstić information content (AvgIpc) is 3.06.